The molecule has 0 saturated heterocycles. The van der Waals surface area contributed by atoms with Gasteiger partial charge in [-0.1, -0.05) is 48.0 Å². The van der Waals surface area contributed by atoms with Crippen molar-refractivity contribution in [2.24, 2.45) is 0 Å². The van der Waals surface area contributed by atoms with E-state index in [4.69, 9.17) is 16.9 Å². The number of nitrogens with one attached hydrogen (secondary N) is 2. The molecule has 0 aliphatic heterocycles. The molecule has 0 aliphatic carbocycles. The minimum Gasteiger partial charge on any atom is -0.508 e. The Balaban J connectivity index is 1.69. The number of carbonyl (C=O) groups excluding carboxylic acids is 2. The lowest BCUT2D eigenvalue weighted by Crippen LogP contribution is -2.23. The van der Waals surface area contributed by atoms with Crippen molar-refractivity contribution in [2.45, 2.75) is 19.4 Å². The van der Waals surface area contributed by atoms with Crippen molar-refractivity contribution >= 4 is 29.1 Å². The molecule has 1 unspecified atom stereocenters. The van der Waals surface area contributed by atoms with E-state index in [-0.39, 0.29) is 29.7 Å². The predicted octanol–water partition coefficient (Wildman–Crippen LogP) is 4.59. The molecule has 2 amide bonds. The zero-order chi connectivity index (χ0) is 22.4. The third kappa shape index (κ3) is 5.62. The summed E-state index contributed by atoms with van der Waals surface area (Å²) >= 11 is 6.15. The summed E-state index contributed by atoms with van der Waals surface area (Å²) in [6.07, 6.45) is 0. The van der Waals surface area contributed by atoms with E-state index < -0.39 is 5.91 Å². The first-order valence-electron chi connectivity index (χ1n) is 9.54. The van der Waals surface area contributed by atoms with E-state index in [0.29, 0.717) is 21.8 Å². The second kappa shape index (κ2) is 9.79. The van der Waals surface area contributed by atoms with Gasteiger partial charge in [-0.3, -0.25) is 9.59 Å². The molecule has 0 spiro atoms. The molecule has 0 aromatic heterocycles. The van der Waals surface area contributed by atoms with Crippen LogP contribution in [0.3, 0.4) is 0 Å². The van der Waals surface area contributed by atoms with Crippen LogP contribution in [0.5, 0.6) is 5.75 Å². The second-order valence-corrected chi connectivity index (χ2v) is 7.42. The van der Waals surface area contributed by atoms with E-state index >= 15 is 0 Å². The van der Waals surface area contributed by atoms with Crippen molar-refractivity contribution in [1.82, 2.24) is 5.32 Å². The van der Waals surface area contributed by atoms with Crippen LogP contribution in [0.4, 0.5) is 5.69 Å². The second-order valence-electron chi connectivity index (χ2n) is 6.99. The Kier molecular flexibility index (Phi) is 6.91. The topological polar surface area (TPSA) is 102 Å². The maximum Gasteiger partial charge on any atom is 0.251 e. The lowest BCUT2D eigenvalue weighted by molar-refractivity contribution is -0.117. The Bertz CT molecular complexity index is 1160. The van der Waals surface area contributed by atoms with Crippen molar-refractivity contribution in [1.29, 1.82) is 5.26 Å². The van der Waals surface area contributed by atoms with Gasteiger partial charge in [-0.25, -0.2) is 0 Å². The molecular formula is C24H20ClN3O3. The van der Waals surface area contributed by atoms with Gasteiger partial charge >= 0.3 is 0 Å². The number of hydrogen-bond acceptors (Lipinski definition) is 4. The molecule has 0 radical (unpaired) electrons. The summed E-state index contributed by atoms with van der Waals surface area (Å²) < 4.78 is 0. The van der Waals surface area contributed by atoms with E-state index in [1.54, 1.807) is 25.1 Å². The smallest absolute Gasteiger partial charge is 0.251 e. The lowest BCUT2D eigenvalue weighted by atomic mass is 10.0. The number of rotatable bonds is 6. The number of phenols is 1. The van der Waals surface area contributed by atoms with Gasteiger partial charge in [0.2, 0.25) is 5.91 Å². The number of carbonyl (C=O) groups is 2. The van der Waals surface area contributed by atoms with Crippen LogP contribution in [0.15, 0.2) is 66.7 Å². The van der Waals surface area contributed by atoms with Gasteiger partial charge < -0.3 is 15.7 Å². The van der Waals surface area contributed by atoms with Crippen molar-refractivity contribution < 1.29 is 14.7 Å². The number of phenolic OH excluding ortho intramolecular Hbond substituents is 1. The van der Waals surface area contributed by atoms with Crippen LogP contribution in [0.1, 0.15) is 39.9 Å². The summed E-state index contributed by atoms with van der Waals surface area (Å²) in [7, 11) is 0. The fourth-order valence-electron chi connectivity index (χ4n) is 3.00. The van der Waals surface area contributed by atoms with Gasteiger partial charge in [0, 0.05) is 28.4 Å². The summed E-state index contributed by atoms with van der Waals surface area (Å²) in [6, 6.07) is 20.4. The Morgan fingerprint density at radius 1 is 1.10 bits per heavy atom. The maximum absolute atomic E-state index is 12.6. The van der Waals surface area contributed by atoms with Gasteiger partial charge in [0.1, 0.15) is 5.75 Å². The molecule has 156 valence electrons. The first kappa shape index (κ1) is 21.9. The minimum atomic E-state index is -0.419. The molecule has 3 aromatic carbocycles. The number of anilines is 1. The highest BCUT2D eigenvalue weighted by Crippen LogP contribution is 2.23. The number of aromatic hydroxyl groups is 1. The minimum absolute atomic E-state index is 0.0651. The van der Waals surface area contributed by atoms with Crippen LogP contribution in [0, 0.1) is 11.3 Å². The van der Waals surface area contributed by atoms with E-state index in [2.05, 4.69) is 10.6 Å². The van der Waals surface area contributed by atoms with Crippen molar-refractivity contribution in [2.75, 3.05) is 5.32 Å². The van der Waals surface area contributed by atoms with Crippen molar-refractivity contribution in [3.63, 3.8) is 0 Å². The van der Waals surface area contributed by atoms with E-state index in [1.165, 1.54) is 18.2 Å². The summed E-state index contributed by atoms with van der Waals surface area (Å²) in [5, 5.41) is 24.6. The average molecular weight is 434 g/mol. The number of halogens is 1. The fourth-order valence-corrected chi connectivity index (χ4v) is 3.23. The molecule has 0 fully saturated rings. The molecular weight excluding hydrogens is 414 g/mol. The Morgan fingerprint density at radius 3 is 2.52 bits per heavy atom. The van der Waals surface area contributed by atoms with Gasteiger partial charge in [0.25, 0.3) is 5.91 Å². The predicted molar refractivity (Wildman–Crippen MR) is 119 cm³/mol. The number of benzene rings is 3. The molecule has 6 nitrogen and oxygen atoms in total. The van der Waals surface area contributed by atoms with E-state index in [1.807, 2.05) is 36.4 Å². The lowest BCUT2D eigenvalue weighted by Gasteiger charge is -2.14. The Morgan fingerprint density at radius 2 is 1.84 bits per heavy atom. The number of amides is 2. The summed E-state index contributed by atoms with van der Waals surface area (Å²) in [4.78, 5) is 25.2. The maximum atomic E-state index is 12.6. The highest BCUT2D eigenvalue weighted by molar-refractivity contribution is 6.31. The number of hydrogen-bond donors (Lipinski definition) is 3. The molecule has 1 atom stereocenters. The van der Waals surface area contributed by atoms with Crippen LogP contribution in [0.2, 0.25) is 5.02 Å². The monoisotopic (exact) mass is 433 g/mol. The summed E-state index contributed by atoms with van der Waals surface area (Å²) in [6.45, 7) is 1.86. The van der Waals surface area contributed by atoms with Gasteiger partial charge in [-0.2, -0.15) is 5.26 Å². The van der Waals surface area contributed by atoms with Crippen LogP contribution in [-0.2, 0) is 11.3 Å². The quantitative estimate of drug-likeness (QED) is 0.529. The molecule has 7 heteroatoms. The van der Waals surface area contributed by atoms with Crippen LogP contribution in [-0.4, -0.2) is 16.9 Å². The molecule has 0 saturated carbocycles. The van der Waals surface area contributed by atoms with Crippen LogP contribution in [0.25, 0.3) is 0 Å². The first-order chi connectivity index (χ1) is 14.9. The van der Waals surface area contributed by atoms with Gasteiger partial charge in [-0.05, 0) is 42.8 Å². The third-order valence-corrected chi connectivity index (χ3v) is 4.99. The first-order valence-corrected chi connectivity index (χ1v) is 9.91. The standard InChI is InChI=1S/C24H20ClN3O3/c1-15(17-5-3-2-4-6-17)23(30)28-21-11-19(10-20(25)12-21)24(31)27-14-18-8-7-16(13-26)9-22(18)29/h2-12,15,29H,14H2,1H3,(H,27,31)(H,28,30). The Labute approximate surface area is 185 Å². The summed E-state index contributed by atoms with van der Waals surface area (Å²) in [5.41, 5.74) is 2.35. The molecule has 0 bridgehead atoms. The van der Waals surface area contributed by atoms with Crippen LogP contribution >= 0.6 is 11.6 Å². The van der Waals surface area contributed by atoms with Gasteiger partial charge in [-0.15, -0.1) is 0 Å². The molecule has 3 aromatic rings. The van der Waals surface area contributed by atoms with Gasteiger partial charge in [0.15, 0.2) is 0 Å². The largest absolute Gasteiger partial charge is 0.508 e. The van der Waals surface area contributed by atoms with Gasteiger partial charge in [0.05, 0.1) is 17.6 Å². The Hall–Kier alpha value is -3.82. The molecule has 3 N–H and O–H groups in total. The number of nitriles is 1. The summed E-state index contributed by atoms with van der Waals surface area (Å²) in [5.74, 6) is -1.09. The van der Waals surface area contributed by atoms with Crippen molar-refractivity contribution in [3.05, 3.63) is 94.0 Å². The van der Waals surface area contributed by atoms with Crippen molar-refractivity contribution in [3.8, 4) is 11.8 Å². The fraction of sp³-hybridized carbons (Fsp3) is 0.125. The zero-order valence-corrected chi connectivity index (χ0v) is 17.5. The van der Waals surface area contributed by atoms with Crippen LogP contribution < -0.4 is 10.6 Å². The average Bonchev–Trinajstić information content (AvgIpc) is 2.77. The molecule has 3 rings (SSSR count). The van der Waals surface area contributed by atoms with E-state index in [0.717, 1.165) is 5.56 Å². The van der Waals surface area contributed by atoms with E-state index in [9.17, 15) is 14.7 Å². The third-order valence-electron chi connectivity index (χ3n) is 4.77. The molecule has 31 heavy (non-hydrogen) atoms. The molecule has 0 heterocycles. The normalized spacial score (nSPS) is 11.3. The zero-order valence-electron chi connectivity index (χ0n) is 16.7. The molecule has 0 aliphatic rings. The number of nitrogens with zero attached hydrogens (tertiary/aromatic N) is 1. The highest BCUT2D eigenvalue weighted by atomic mass is 35.5. The SMILES string of the molecule is CC(C(=O)Nc1cc(Cl)cc(C(=O)NCc2ccc(C#N)cc2O)c1)c1ccccc1. The highest BCUT2D eigenvalue weighted by Gasteiger charge is 2.16.